The standard InChI is InChI=1S/C10H14FNO3/c1-12-5-7(13)6-3-4-8(15-2)9(11)10(6)14/h3-4,7,12-14H,5H2,1-2H3. The van der Waals surface area contributed by atoms with Crippen molar-refractivity contribution in [1.82, 2.24) is 5.32 Å². The number of phenols is 1. The lowest BCUT2D eigenvalue weighted by molar-refractivity contribution is 0.172. The molecule has 1 rings (SSSR count). The first kappa shape index (κ1) is 11.7. The summed E-state index contributed by atoms with van der Waals surface area (Å²) in [6.07, 6.45) is -0.949. The summed E-state index contributed by atoms with van der Waals surface area (Å²) in [6, 6.07) is 2.79. The molecule has 0 aromatic heterocycles. The van der Waals surface area contributed by atoms with Gasteiger partial charge in [0.1, 0.15) is 0 Å². The predicted octanol–water partition coefficient (Wildman–Crippen LogP) is 0.793. The second-order valence-electron chi connectivity index (χ2n) is 3.09. The van der Waals surface area contributed by atoms with Crippen LogP contribution in [0, 0.1) is 5.82 Å². The summed E-state index contributed by atoms with van der Waals surface area (Å²) in [5.74, 6) is -1.48. The molecular formula is C10H14FNO3. The van der Waals surface area contributed by atoms with Gasteiger partial charge in [-0.15, -0.1) is 0 Å². The van der Waals surface area contributed by atoms with Crippen LogP contribution in [0.5, 0.6) is 11.5 Å². The summed E-state index contributed by atoms with van der Waals surface area (Å²) in [4.78, 5) is 0. The minimum absolute atomic E-state index is 0.0482. The molecule has 4 nitrogen and oxygen atoms in total. The van der Waals surface area contributed by atoms with Gasteiger partial charge in [-0.3, -0.25) is 0 Å². The van der Waals surface area contributed by atoms with E-state index in [2.05, 4.69) is 10.1 Å². The van der Waals surface area contributed by atoms with E-state index >= 15 is 0 Å². The maximum Gasteiger partial charge on any atom is 0.206 e. The number of aliphatic hydroxyl groups is 1. The minimum Gasteiger partial charge on any atom is -0.504 e. The van der Waals surface area contributed by atoms with Crippen LogP contribution >= 0.6 is 0 Å². The highest BCUT2D eigenvalue weighted by atomic mass is 19.1. The van der Waals surface area contributed by atoms with Crippen LogP contribution in [0.15, 0.2) is 12.1 Å². The number of hydrogen-bond donors (Lipinski definition) is 3. The fraction of sp³-hybridized carbons (Fsp3) is 0.400. The number of benzene rings is 1. The van der Waals surface area contributed by atoms with Gasteiger partial charge in [0.2, 0.25) is 5.82 Å². The van der Waals surface area contributed by atoms with Gasteiger partial charge >= 0.3 is 0 Å². The van der Waals surface area contributed by atoms with E-state index in [1.165, 1.54) is 19.2 Å². The average Bonchev–Trinajstić information content (AvgIpc) is 2.22. The normalized spacial score (nSPS) is 12.5. The number of rotatable bonds is 4. The van der Waals surface area contributed by atoms with E-state index in [0.717, 1.165) is 0 Å². The van der Waals surface area contributed by atoms with Gasteiger partial charge in [0.05, 0.1) is 13.2 Å². The number of nitrogens with one attached hydrogen (secondary N) is 1. The molecule has 0 fully saturated rings. The van der Waals surface area contributed by atoms with Crippen LogP contribution in [0.2, 0.25) is 0 Å². The Bertz CT molecular complexity index is 344. The lowest BCUT2D eigenvalue weighted by Crippen LogP contribution is -2.17. The molecule has 0 aliphatic carbocycles. The SMILES string of the molecule is CNCC(O)c1ccc(OC)c(F)c1O. The average molecular weight is 215 g/mol. The van der Waals surface area contributed by atoms with Gasteiger partial charge in [0.25, 0.3) is 0 Å². The molecule has 0 saturated heterocycles. The third-order valence-corrected chi connectivity index (χ3v) is 2.09. The number of halogens is 1. The first-order valence-electron chi connectivity index (χ1n) is 4.49. The topological polar surface area (TPSA) is 61.7 Å². The van der Waals surface area contributed by atoms with Crippen molar-refractivity contribution in [2.45, 2.75) is 6.10 Å². The van der Waals surface area contributed by atoms with Crippen LogP contribution in [-0.2, 0) is 0 Å². The van der Waals surface area contributed by atoms with Gasteiger partial charge in [-0.25, -0.2) is 0 Å². The number of phenolic OH excluding ortho intramolecular Hbond substituents is 1. The highest BCUT2D eigenvalue weighted by Gasteiger charge is 2.17. The molecule has 0 spiro atoms. The Hall–Kier alpha value is -1.33. The molecule has 1 aromatic carbocycles. The van der Waals surface area contributed by atoms with Crippen molar-refractivity contribution >= 4 is 0 Å². The zero-order valence-electron chi connectivity index (χ0n) is 8.62. The van der Waals surface area contributed by atoms with Gasteiger partial charge in [-0.1, -0.05) is 0 Å². The lowest BCUT2D eigenvalue weighted by atomic mass is 10.1. The lowest BCUT2D eigenvalue weighted by Gasteiger charge is -2.13. The summed E-state index contributed by atoms with van der Waals surface area (Å²) in [7, 11) is 2.96. The van der Waals surface area contributed by atoms with E-state index in [1.54, 1.807) is 7.05 Å². The highest BCUT2D eigenvalue weighted by molar-refractivity contribution is 5.42. The smallest absolute Gasteiger partial charge is 0.206 e. The van der Waals surface area contributed by atoms with Crippen LogP contribution in [-0.4, -0.2) is 30.9 Å². The summed E-state index contributed by atoms with van der Waals surface area (Å²) in [5, 5.41) is 21.7. The Kier molecular flexibility index (Phi) is 3.88. The number of likely N-dealkylation sites (N-methyl/N-ethyl adjacent to an activating group) is 1. The Morgan fingerprint density at radius 1 is 1.53 bits per heavy atom. The third-order valence-electron chi connectivity index (χ3n) is 2.09. The maximum absolute atomic E-state index is 13.4. The van der Waals surface area contributed by atoms with Crippen molar-refractivity contribution in [2.75, 3.05) is 20.7 Å². The van der Waals surface area contributed by atoms with E-state index in [4.69, 9.17) is 0 Å². The van der Waals surface area contributed by atoms with E-state index in [9.17, 15) is 14.6 Å². The van der Waals surface area contributed by atoms with Crippen LogP contribution in [0.1, 0.15) is 11.7 Å². The zero-order chi connectivity index (χ0) is 11.4. The molecule has 1 aromatic rings. The Balaban J connectivity index is 3.06. The molecular weight excluding hydrogens is 201 g/mol. The van der Waals surface area contributed by atoms with Gasteiger partial charge < -0.3 is 20.3 Å². The summed E-state index contributed by atoms with van der Waals surface area (Å²) >= 11 is 0. The Morgan fingerprint density at radius 2 is 2.20 bits per heavy atom. The van der Waals surface area contributed by atoms with Crippen molar-refractivity contribution in [3.8, 4) is 11.5 Å². The summed E-state index contributed by atoms with van der Waals surface area (Å²) in [5.41, 5.74) is 0.141. The molecule has 0 aliphatic heterocycles. The van der Waals surface area contributed by atoms with Crippen molar-refractivity contribution in [2.24, 2.45) is 0 Å². The van der Waals surface area contributed by atoms with Crippen LogP contribution in [0.3, 0.4) is 0 Å². The van der Waals surface area contributed by atoms with E-state index in [1.807, 2.05) is 0 Å². The first-order valence-corrected chi connectivity index (χ1v) is 4.49. The molecule has 0 bridgehead atoms. The summed E-state index contributed by atoms with van der Waals surface area (Å²) in [6.45, 7) is 0.235. The van der Waals surface area contributed by atoms with Gasteiger partial charge in [-0.05, 0) is 19.2 Å². The monoisotopic (exact) mass is 215 g/mol. The molecule has 0 aliphatic rings. The number of methoxy groups -OCH3 is 1. The predicted molar refractivity (Wildman–Crippen MR) is 53.5 cm³/mol. The van der Waals surface area contributed by atoms with Crippen molar-refractivity contribution in [3.63, 3.8) is 0 Å². The molecule has 0 amide bonds. The van der Waals surface area contributed by atoms with Gasteiger partial charge in [0, 0.05) is 12.1 Å². The van der Waals surface area contributed by atoms with Gasteiger partial charge in [0.15, 0.2) is 11.5 Å². The van der Waals surface area contributed by atoms with Crippen molar-refractivity contribution in [1.29, 1.82) is 0 Å². The van der Waals surface area contributed by atoms with E-state index < -0.39 is 17.7 Å². The molecule has 1 unspecified atom stereocenters. The van der Waals surface area contributed by atoms with E-state index in [-0.39, 0.29) is 17.9 Å². The number of ether oxygens (including phenoxy) is 1. The first-order chi connectivity index (χ1) is 7.11. The molecule has 84 valence electrons. The largest absolute Gasteiger partial charge is 0.504 e. The molecule has 0 saturated carbocycles. The van der Waals surface area contributed by atoms with Crippen LogP contribution in [0.4, 0.5) is 4.39 Å². The summed E-state index contributed by atoms with van der Waals surface area (Å²) < 4.78 is 18.0. The van der Waals surface area contributed by atoms with E-state index in [0.29, 0.717) is 0 Å². The highest BCUT2D eigenvalue weighted by Crippen LogP contribution is 2.32. The quantitative estimate of drug-likeness (QED) is 0.695. The molecule has 5 heteroatoms. The Morgan fingerprint density at radius 3 is 2.73 bits per heavy atom. The number of hydrogen-bond acceptors (Lipinski definition) is 4. The Labute approximate surface area is 87.3 Å². The molecule has 1 atom stereocenters. The van der Waals surface area contributed by atoms with Crippen molar-refractivity contribution in [3.05, 3.63) is 23.5 Å². The second-order valence-corrected chi connectivity index (χ2v) is 3.09. The van der Waals surface area contributed by atoms with Crippen LogP contribution < -0.4 is 10.1 Å². The number of aliphatic hydroxyl groups excluding tert-OH is 1. The molecule has 3 N–H and O–H groups in total. The van der Waals surface area contributed by atoms with Crippen LogP contribution in [0.25, 0.3) is 0 Å². The van der Waals surface area contributed by atoms with Gasteiger partial charge in [-0.2, -0.15) is 4.39 Å². The molecule has 0 heterocycles. The maximum atomic E-state index is 13.4. The zero-order valence-corrected chi connectivity index (χ0v) is 8.62. The molecule has 0 radical (unpaired) electrons. The fourth-order valence-corrected chi connectivity index (χ4v) is 1.29. The second kappa shape index (κ2) is 4.95. The van der Waals surface area contributed by atoms with Crippen molar-refractivity contribution < 1.29 is 19.3 Å². The minimum atomic E-state index is -0.949. The fourth-order valence-electron chi connectivity index (χ4n) is 1.29. The third kappa shape index (κ3) is 2.37. The number of aromatic hydroxyl groups is 1. The molecule has 15 heavy (non-hydrogen) atoms.